The van der Waals surface area contributed by atoms with E-state index in [0.29, 0.717) is 28.2 Å². The highest BCUT2D eigenvalue weighted by Crippen LogP contribution is 2.39. The molecule has 1 aliphatic rings. The first-order chi connectivity index (χ1) is 15.9. The number of nitrogens with one attached hydrogen (secondary N) is 1. The molecule has 33 heavy (non-hydrogen) atoms. The van der Waals surface area contributed by atoms with Crippen molar-refractivity contribution in [1.82, 2.24) is 20.1 Å². The predicted octanol–water partition coefficient (Wildman–Crippen LogP) is 2.99. The molecular weight excluding hydrogens is 421 g/mol. The van der Waals surface area contributed by atoms with E-state index in [1.165, 1.54) is 18.5 Å². The lowest BCUT2D eigenvalue weighted by atomic mass is 9.98. The Kier molecular flexibility index (Phi) is 5.02. The first kappa shape index (κ1) is 20.7. The van der Waals surface area contributed by atoms with E-state index in [9.17, 15) is 4.39 Å². The number of rotatable bonds is 5. The molecule has 2 aromatic heterocycles. The first-order valence-corrected chi connectivity index (χ1v) is 10.3. The van der Waals surface area contributed by atoms with Gasteiger partial charge in [0, 0.05) is 12.3 Å². The number of fused-ring (bicyclic) bond motifs is 1. The van der Waals surface area contributed by atoms with Gasteiger partial charge in [0.25, 0.3) is 0 Å². The third-order valence-corrected chi connectivity index (χ3v) is 5.44. The van der Waals surface area contributed by atoms with Crippen LogP contribution in [0.2, 0.25) is 0 Å². The van der Waals surface area contributed by atoms with E-state index in [-0.39, 0.29) is 12.4 Å². The number of hydrogen-bond acceptors (Lipinski definition) is 7. The molecule has 1 atom stereocenters. The summed E-state index contributed by atoms with van der Waals surface area (Å²) in [4.78, 5) is 9.08. The minimum Gasteiger partial charge on any atom is -0.488 e. The summed E-state index contributed by atoms with van der Waals surface area (Å²) in [5.74, 6) is 0.555. The van der Waals surface area contributed by atoms with E-state index in [0.717, 1.165) is 16.9 Å². The number of hydrogen-bond donors (Lipinski definition) is 3. The Hall–Kier alpha value is -4.24. The van der Waals surface area contributed by atoms with Gasteiger partial charge in [0.05, 0.1) is 28.7 Å². The number of nitrogens with two attached hydrogens (primary N) is 2. The molecule has 0 amide bonds. The van der Waals surface area contributed by atoms with E-state index >= 15 is 0 Å². The van der Waals surface area contributed by atoms with Crippen molar-refractivity contribution in [3.05, 3.63) is 95.3 Å². The Balaban J connectivity index is 1.68. The van der Waals surface area contributed by atoms with Gasteiger partial charge < -0.3 is 15.8 Å². The van der Waals surface area contributed by atoms with Gasteiger partial charge in [-0.15, -0.1) is 0 Å². The molecule has 1 unspecified atom stereocenters. The van der Waals surface area contributed by atoms with Crippen molar-refractivity contribution in [2.24, 2.45) is 16.5 Å². The van der Waals surface area contributed by atoms with Crippen LogP contribution in [0.25, 0.3) is 16.7 Å². The molecule has 0 spiro atoms. The molecule has 9 heteroatoms. The maximum Gasteiger partial charge on any atom is 0.166 e. The SMILES string of the molecule is Cc1nn(-c2ccccc2)c2ncc(C3(N)C=C(N)NC=N3)c(OCc3ccc(F)cc3)c12. The zero-order valence-electron chi connectivity index (χ0n) is 17.9. The summed E-state index contributed by atoms with van der Waals surface area (Å²) < 4.78 is 21.4. The zero-order valence-corrected chi connectivity index (χ0v) is 17.9. The number of halogens is 1. The van der Waals surface area contributed by atoms with Crippen molar-refractivity contribution in [1.29, 1.82) is 0 Å². The van der Waals surface area contributed by atoms with Crippen LogP contribution >= 0.6 is 0 Å². The minimum atomic E-state index is -1.28. The number of para-hydroxylation sites is 1. The van der Waals surface area contributed by atoms with Crippen molar-refractivity contribution >= 4 is 17.4 Å². The van der Waals surface area contributed by atoms with Crippen molar-refractivity contribution in [2.45, 2.75) is 19.2 Å². The summed E-state index contributed by atoms with van der Waals surface area (Å²) in [6.45, 7) is 2.08. The summed E-state index contributed by atoms with van der Waals surface area (Å²) in [6, 6.07) is 15.8. The number of nitrogens with zero attached hydrogens (tertiary/aromatic N) is 4. The van der Waals surface area contributed by atoms with Gasteiger partial charge in [-0.25, -0.2) is 19.0 Å². The van der Waals surface area contributed by atoms with Gasteiger partial charge in [-0.1, -0.05) is 30.3 Å². The molecule has 0 saturated heterocycles. The summed E-state index contributed by atoms with van der Waals surface area (Å²) in [5, 5.41) is 8.23. The van der Waals surface area contributed by atoms with Crippen LogP contribution in [-0.2, 0) is 12.3 Å². The highest BCUT2D eigenvalue weighted by molar-refractivity contribution is 5.88. The molecule has 0 saturated carbocycles. The van der Waals surface area contributed by atoms with Gasteiger partial charge in [0.15, 0.2) is 11.3 Å². The second-order valence-electron chi connectivity index (χ2n) is 7.78. The van der Waals surface area contributed by atoms with Crippen molar-refractivity contribution in [3.8, 4) is 11.4 Å². The lowest BCUT2D eigenvalue weighted by molar-refractivity contribution is 0.301. The van der Waals surface area contributed by atoms with E-state index in [4.69, 9.17) is 21.3 Å². The molecule has 0 fully saturated rings. The zero-order chi connectivity index (χ0) is 23.0. The number of aliphatic imine (C=N–C) groups is 1. The molecule has 8 nitrogen and oxygen atoms in total. The van der Waals surface area contributed by atoms with Crippen LogP contribution in [0.3, 0.4) is 0 Å². The summed E-state index contributed by atoms with van der Waals surface area (Å²) >= 11 is 0. The van der Waals surface area contributed by atoms with Crippen LogP contribution in [-0.4, -0.2) is 21.1 Å². The maximum atomic E-state index is 13.4. The quantitative estimate of drug-likeness (QED) is 0.437. The third kappa shape index (κ3) is 3.79. The van der Waals surface area contributed by atoms with Crippen molar-refractivity contribution < 1.29 is 9.13 Å². The fraction of sp³-hybridized carbons (Fsp3) is 0.125. The van der Waals surface area contributed by atoms with Crippen LogP contribution in [0.15, 0.2) is 77.7 Å². The van der Waals surface area contributed by atoms with Gasteiger partial charge >= 0.3 is 0 Å². The largest absolute Gasteiger partial charge is 0.488 e. The van der Waals surface area contributed by atoms with Gasteiger partial charge in [0.2, 0.25) is 0 Å². The lowest BCUT2D eigenvalue weighted by Gasteiger charge is -2.27. The number of aryl methyl sites for hydroxylation is 1. The fourth-order valence-electron chi connectivity index (χ4n) is 3.82. The average Bonchev–Trinajstić information content (AvgIpc) is 3.16. The summed E-state index contributed by atoms with van der Waals surface area (Å²) in [7, 11) is 0. The van der Waals surface area contributed by atoms with Gasteiger partial charge in [0.1, 0.15) is 24.0 Å². The molecule has 0 aliphatic carbocycles. The second-order valence-corrected chi connectivity index (χ2v) is 7.78. The molecule has 5 rings (SSSR count). The topological polar surface area (TPSA) is 116 Å². The molecule has 166 valence electrons. The summed E-state index contributed by atoms with van der Waals surface area (Å²) in [6.07, 6.45) is 4.69. The lowest BCUT2D eigenvalue weighted by Crippen LogP contribution is -2.40. The Morgan fingerprint density at radius 1 is 1.12 bits per heavy atom. The van der Waals surface area contributed by atoms with Crippen molar-refractivity contribution in [3.63, 3.8) is 0 Å². The molecule has 0 radical (unpaired) electrons. The van der Waals surface area contributed by atoms with Crippen LogP contribution in [0.1, 0.15) is 16.8 Å². The standard InChI is InChI=1S/C24H22FN7O/c1-15-21-22(33-13-16-7-9-17(25)10-8-16)19(24(27)11-20(26)29-14-30-24)12-28-23(21)32(31-15)18-5-3-2-4-6-18/h2-12,14H,13,26-27H2,1H3,(H,29,30). The molecule has 4 aromatic rings. The number of ether oxygens (including phenoxy) is 1. The first-order valence-electron chi connectivity index (χ1n) is 10.3. The maximum absolute atomic E-state index is 13.4. The van der Waals surface area contributed by atoms with Gasteiger partial charge in [-0.3, -0.25) is 5.73 Å². The second kappa shape index (κ2) is 8.03. The van der Waals surface area contributed by atoms with Crippen LogP contribution < -0.4 is 21.5 Å². The predicted molar refractivity (Wildman–Crippen MR) is 124 cm³/mol. The van der Waals surface area contributed by atoms with Crippen molar-refractivity contribution in [2.75, 3.05) is 0 Å². The Labute approximate surface area is 189 Å². The normalized spacial score (nSPS) is 17.6. The molecule has 2 aromatic carbocycles. The Morgan fingerprint density at radius 2 is 1.88 bits per heavy atom. The van der Waals surface area contributed by atoms with Crippen LogP contribution in [0.5, 0.6) is 5.75 Å². The highest BCUT2D eigenvalue weighted by Gasteiger charge is 2.33. The molecular formula is C24H22FN7O. The molecule has 5 N–H and O–H groups in total. The molecule has 0 bridgehead atoms. The smallest absolute Gasteiger partial charge is 0.166 e. The monoisotopic (exact) mass is 443 g/mol. The Bertz CT molecular complexity index is 1380. The van der Waals surface area contributed by atoms with E-state index in [1.807, 2.05) is 37.3 Å². The fourth-order valence-corrected chi connectivity index (χ4v) is 3.82. The van der Waals surface area contributed by atoms with Crippen LogP contribution in [0.4, 0.5) is 4.39 Å². The van der Waals surface area contributed by atoms with E-state index < -0.39 is 5.66 Å². The molecule has 1 aliphatic heterocycles. The van der Waals surface area contributed by atoms with E-state index in [2.05, 4.69) is 15.3 Å². The molecule has 3 heterocycles. The number of benzene rings is 2. The number of pyridine rings is 1. The van der Waals surface area contributed by atoms with Gasteiger partial charge in [-0.2, -0.15) is 5.10 Å². The minimum absolute atomic E-state index is 0.194. The highest BCUT2D eigenvalue weighted by atomic mass is 19.1. The Morgan fingerprint density at radius 3 is 2.61 bits per heavy atom. The summed E-state index contributed by atoms with van der Waals surface area (Å²) in [5.41, 5.74) is 14.9. The van der Waals surface area contributed by atoms with Crippen LogP contribution in [0, 0.1) is 12.7 Å². The third-order valence-electron chi connectivity index (χ3n) is 5.44. The van der Waals surface area contributed by atoms with Gasteiger partial charge in [-0.05, 0) is 36.8 Å². The average molecular weight is 443 g/mol. The number of aromatic nitrogens is 3. The van der Waals surface area contributed by atoms with E-state index in [1.54, 1.807) is 29.1 Å².